The number of benzene rings is 1. The van der Waals surface area contributed by atoms with E-state index in [1.807, 2.05) is 0 Å². The van der Waals surface area contributed by atoms with E-state index in [9.17, 15) is 33.2 Å². The Hall–Kier alpha value is -4.53. The first-order valence-corrected chi connectivity index (χ1v) is 14.5. The Morgan fingerprint density at radius 3 is 2.09 bits per heavy atom. The van der Waals surface area contributed by atoms with Crippen molar-refractivity contribution in [2.75, 3.05) is 38.6 Å². The normalized spacial score (nSPS) is 11.5. The number of carbonyl (C=O) groups excluding carboxylic acids is 6. The van der Waals surface area contributed by atoms with Crippen LogP contribution in [0.3, 0.4) is 0 Å². The lowest BCUT2D eigenvalue weighted by atomic mass is 9.95. The molecule has 1 unspecified atom stereocenters. The van der Waals surface area contributed by atoms with E-state index in [1.54, 1.807) is 34.6 Å². The highest BCUT2D eigenvalue weighted by atomic mass is 32.1. The highest BCUT2D eigenvalue weighted by Gasteiger charge is 2.28. The van der Waals surface area contributed by atoms with Crippen LogP contribution < -0.4 is 26.6 Å². The number of nitrogens with one attached hydrogen (secondary N) is 5. The van der Waals surface area contributed by atoms with Crippen molar-refractivity contribution in [3.8, 4) is 0 Å². The third kappa shape index (κ3) is 10.9. The average molecular weight is 636 g/mol. The molecule has 5 N–H and O–H groups in total. The minimum atomic E-state index is -0.766. The fourth-order valence-corrected chi connectivity index (χ4v) is 4.98. The Labute approximate surface area is 258 Å². The van der Waals surface area contributed by atoms with Crippen molar-refractivity contribution in [2.24, 2.45) is 0 Å². The first-order valence-electron chi connectivity index (χ1n) is 13.7. The second-order valence-electron chi connectivity index (χ2n) is 10.5. The number of rotatable bonds is 13. The SMILES string of the molecule is CCC(C(=O)Nc1sc(C(=O)NCCNC(=O)CNC(=O)CNC(=O)OC(C)(C)C)c(C)c1C(=O)OC)c1ccc(F)cc1. The van der Waals surface area contributed by atoms with Crippen molar-refractivity contribution in [1.82, 2.24) is 21.3 Å². The minimum Gasteiger partial charge on any atom is -0.465 e. The fraction of sp³-hybridized carbons (Fsp3) is 0.448. The molecule has 0 saturated heterocycles. The number of ether oxygens (including phenoxy) is 2. The summed E-state index contributed by atoms with van der Waals surface area (Å²) < 4.78 is 23.3. The Morgan fingerprint density at radius 1 is 0.909 bits per heavy atom. The fourth-order valence-electron chi connectivity index (χ4n) is 3.86. The maximum absolute atomic E-state index is 13.4. The van der Waals surface area contributed by atoms with Crippen LogP contribution in [0.2, 0.25) is 0 Å². The monoisotopic (exact) mass is 635 g/mol. The number of amides is 5. The number of hydrogen-bond acceptors (Lipinski definition) is 9. The third-order valence-electron chi connectivity index (χ3n) is 5.95. The molecule has 5 amide bonds. The number of anilines is 1. The minimum absolute atomic E-state index is 0.0216. The van der Waals surface area contributed by atoms with Crippen LogP contribution in [0.1, 0.15) is 71.2 Å². The molecule has 0 saturated carbocycles. The van der Waals surface area contributed by atoms with Gasteiger partial charge in [0.05, 0.1) is 30.0 Å². The van der Waals surface area contributed by atoms with Crippen LogP contribution >= 0.6 is 11.3 Å². The van der Waals surface area contributed by atoms with E-state index in [-0.39, 0.29) is 41.6 Å². The van der Waals surface area contributed by atoms with Crippen LogP contribution in [0.25, 0.3) is 0 Å². The van der Waals surface area contributed by atoms with Gasteiger partial charge in [-0.05, 0) is 57.4 Å². The van der Waals surface area contributed by atoms with Gasteiger partial charge in [-0.15, -0.1) is 11.3 Å². The van der Waals surface area contributed by atoms with Crippen LogP contribution in [0.15, 0.2) is 24.3 Å². The first kappa shape index (κ1) is 35.7. The molecule has 0 radical (unpaired) electrons. The van der Waals surface area contributed by atoms with Crippen LogP contribution in [0, 0.1) is 12.7 Å². The van der Waals surface area contributed by atoms with Gasteiger partial charge in [0.1, 0.15) is 23.0 Å². The summed E-state index contributed by atoms with van der Waals surface area (Å²) in [6.07, 6.45) is -0.363. The van der Waals surface area contributed by atoms with Gasteiger partial charge in [-0.3, -0.25) is 19.2 Å². The number of methoxy groups -OCH3 is 1. The molecule has 1 atom stereocenters. The molecule has 2 rings (SSSR count). The number of esters is 1. The van der Waals surface area contributed by atoms with E-state index in [0.29, 0.717) is 17.5 Å². The second kappa shape index (κ2) is 16.4. The zero-order valence-corrected chi connectivity index (χ0v) is 26.3. The zero-order chi connectivity index (χ0) is 33.0. The number of halogens is 1. The maximum Gasteiger partial charge on any atom is 0.408 e. The highest BCUT2D eigenvalue weighted by molar-refractivity contribution is 7.18. The molecule has 0 aliphatic heterocycles. The van der Waals surface area contributed by atoms with Crippen LogP contribution in [-0.4, -0.2) is 74.6 Å². The first-order chi connectivity index (χ1) is 20.7. The quantitative estimate of drug-likeness (QED) is 0.165. The lowest BCUT2D eigenvalue weighted by Crippen LogP contribution is -2.44. The summed E-state index contributed by atoms with van der Waals surface area (Å²) in [4.78, 5) is 74.2. The molecule has 1 heterocycles. The predicted octanol–water partition coefficient (Wildman–Crippen LogP) is 2.60. The molecule has 0 fully saturated rings. The smallest absolute Gasteiger partial charge is 0.408 e. The molecule has 0 aliphatic carbocycles. The molecule has 1 aromatic carbocycles. The van der Waals surface area contributed by atoms with Gasteiger partial charge in [0.15, 0.2) is 0 Å². The third-order valence-corrected chi connectivity index (χ3v) is 7.15. The Kier molecular flexibility index (Phi) is 13.3. The summed E-state index contributed by atoms with van der Waals surface area (Å²) in [6, 6.07) is 5.54. The molecule has 13 nitrogen and oxygen atoms in total. The highest BCUT2D eigenvalue weighted by Crippen LogP contribution is 2.35. The summed E-state index contributed by atoms with van der Waals surface area (Å²) in [6.45, 7) is 7.71. The van der Waals surface area contributed by atoms with Crippen molar-refractivity contribution in [1.29, 1.82) is 0 Å². The van der Waals surface area contributed by atoms with E-state index in [1.165, 1.54) is 31.4 Å². The van der Waals surface area contributed by atoms with Crippen molar-refractivity contribution in [3.05, 3.63) is 51.7 Å². The van der Waals surface area contributed by atoms with Gasteiger partial charge >= 0.3 is 12.1 Å². The van der Waals surface area contributed by atoms with E-state index in [2.05, 4.69) is 26.6 Å². The van der Waals surface area contributed by atoms with E-state index >= 15 is 0 Å². The maximum atomic E-state index is 13.4. The van der Waals surface area contributed by atoms with Crippen molar-refractivity contribution >= 4 is 52.0 Å². The zero-order valence-electron chi connectivity index (χ0n) is 25.5. The molecular formula is C29H38FN5O8S. The molecule has 2 aromatic rings. The Balaban J connectivity index is 1.92. The largest absolute Gasteiger partial charge is 0.465 e. The van der Waals surface area contributed by atoms with Crippen molar-refractivity contribution in [2.45, 2.75) is 52.6 Å². The Bertz CT molecular complexity index is 1370. The van der Waals surface area contributed by atoms with Crippen LogP contribution in [-0.2, 0) is 23.9 Å². The van der Waals surface area contributed by atoms with Crippen molar-refractivity contribution < 1.29 is 42.6 Å². The van der Waals surface area contributed by atoms with Gasteiger partial charge in [-0.2, -0.15) is 0 Å². The van der Waals surface area contributed by atoms with Crippen LogP contribution in [0.5, 0.6) is 0 Å². The van der Waals surface area contributed by atoms with E-state index in [0.717, 1.165) is 11.3 Å². The number of alkyl carbamates (subject to hydrolysis) is 1. The number of thiophene rings is 1. The van der Waals surface area contributed by atoms with Crippen LogP contribution in [0.4, 0.5) is 14.2 Å². The molecule has 15 heteroatoms. The van der Waals surface area contributed by atoms with Gasteiger partial charge in [0, 0.05) is 13.1 Å². The lowest BCUT2D eigenvalue weighted by Gasteiger charge is -2.19. The molecule has 0 aliphatic rings. The predicted molar refractivity (Wildman–Crippen MR) is 161 cm³/mol. The summed E-state index contributed by atoms with van der Waals surface area (Å²) in [5.74, 6) is -3.90. The Morgan fingerprint density at radius 2 is 1.50 bits per heavy atom. The summed E-state index contributed by atoms with van der Waals surface area (Å²) >= 11 is 0.898. The number of hydrogen-bond donors (Lipinski definition) is 5. The van der Waals surface area contributed by atoms with Crippen molar-refractivity contribution in [3.63, 3.8) is 0 Å². The molecule has 240 valence electrons. The average Bonchev–Trinajstić information content (AvgIpc) is 3.28. The number of carbonyl (C=O) groups is 6. The molecular weight excluding hydrogens is 597 g/mol. The molecule has 44 heavy (non-hydrogen) atoms. The second-order valence-corrected chi connectivity index (χ2v) is 11.5. The van der Waals surface area contributed by atoms with E-state index in [4.69, 9.17) is 9.47 Å². The molecule has 0 bridgehead atoms. The summed E-state index contributed by atoms with van der Waals surface area (Å²) in [5, 5.41) is 12.6. The molecule has 1 aromatic heterocycles. The molecule has 0 spiro atoms. The van der Waals surface area contributed by atoms with Gasteiger partial charge in [-0.25, -0.2) is 14.0 Å². The standard InChI is InChI=1S/C29H38FN5O8S/c1-7-19(17-8-10-18(30)11-9-17)24(38)35-26-22(27(40)42-6)16(2)23(44-26)25(39)32-13-12-31-20(36)14-33-21(37)15-34-28(41)43-29(3,4)5/h8-11,19H,7,12-15H2,1-6H3,(H,31,36)(H,32,39)(H,33,37)(H,34,41)(H,35,38). The topological polar surface area (TPSA) is 181 Å². The lowest BCUT2D eigenvalue weighted by molar-refractivity contribution is -0.125. The van der Waals surface area contributed by atoms with Gasteiger partial charge in [0.25, 0.3) is 5.91 Å². The van der Waals surface area contributed by atoms with E-state index < -0.39 is 53.0 Å². The summed E-state index contributed by atoms with van der Waals surface area (Å²) in [7, 11) is 1.18. The van der Waals surface area contributed by atoms with Gasteiger partial charge < -0.3 is 36.1 Å². The van der Waals surface area contributed by atoms with Gasteiger partial charge in [0.2, 0.25) is 17.7 Å². The summed E-state index contributed by atoms with van der Waals surface area (Å²) in [5.41, 5.74) is 0.215. The van der Waals surface area contributed by atoms with Gasteiger partial charge in [-0.1, -0.05) is 19.1 Å².